The van der Waals surface area contributed by atoms with Crippen LogP contribution in [0.1, 0.15) is 110 Å². The summed E-state index contributed by atoms with van der Waals surface area (Å²) in [6.07, 6.45) is 20.8. The first-order chi connectivity index (χ1) is 14.7. The van der Waals surface area contributed by atoms with Gasteiger partial charge in [-0.15, -0.1) is 0 Å². The molecule has 1 aliphatic rings. The lowest BCUT2D eigenvalue weighted by atomic mass is 10.0. The van der Waals surface area contributed by atoms with Crippen LogP contribution in [0.25, 0.3) is 0 Å². The second kappa shape index (κ2) is 18.3. The van der Waals surface area contributed by atoms with Crippen molar-refractivity contribution in [2.45, 2.75) is 116 Å². The van der Waals surface area contributed by atoms with Crippen molar-refractivity contribution in [1.82, 2.24) is 4.90 Å². The minimum absolute atomic E-state index is 0.163. The molecule has 1 unspecified atom stereocenters. The molecule has 174 valence electrons. The minimum Gasteiger partial charge on any atom is -0.464 e. The predicted octanol–water partition coefficient (Wildman–Crippen LogP) is 6.80. The fourth-order valence-electron chi connectivity index (χ4n) is 4.01. The Morgan fingerprint density at radius 1 is 0.867 bits per heavy atom. The molecule has 0 aromatic rings. The maximum atomic E-state index is 12.3. The summed E-state index contributed by atoms with van der Waals surface area (Å²) in [7, 11) is 0. The Labute approximate surface area is 184 Å². The number of likely N-dealkylation sites (tertiary alicyclic amines) is 1. The molecule has 1 heterocycles. The lowest BCUT2D eigenvalue weighted by Crippen LogP contribution is -2.41. The molecular weight excluding hydrogens is 378 g/mol. The van der Waals surface area contributed by atoms with E-state index in [0.717, 1.165) is 19.3 Å². The Morgan fingerprint density at radius 2 is 1.40 bits per heavy atom. The Balaban J connectivity index is 1.93. The zero-order chi connectivity index (χ0) is 21.9. The standard InChI is InChI=1S/C25H45NO4/c1-3-5-6-7-8-9-10-11-12-13-14-15-16-17-22-29-24(27)23-19-18-20-26(23)25(28)30-21-4-2/h4,23H,2-3,5-22H2,1H3. The van der Waals surface area contributed by atoms with E-state index < -0.39 is 12.1 Å². The van der Waals surface area contributed by atoms with Crippen LogP contribution in [0.3, 0.4) is 0 Å². The van der Waals surface area contributed by atoms with E-state index in [1.807, 2.05) is 0 Å². The third-order valence-corrected chi connectivity index (χ3v) is 5.83. The van der Waals surface area contributed by atoms with Gasteiger partial charge in [-0.25, -0.2) is 9.59 Å². The zero-order valence-corrected chi connectivity index (χ0v) is 19.4. The Bertz CT molecular complexity index is 466. The molecular formula is C25H45NO4. The van der Waals surface area contributed by atoms with Crippen LogP contribution in [0, 0.1) is 0 Å². The molecule has 1 aliphatic heterocycles. The van der Waals surface area contributed by atoms with Gasteiger partial charge in [0, 0.05) is 6.54 Å². The molecule has 0 spiro atoms. The van der Waals surface area contributed by atoms with Crippen LogP contribution < -0.4 is 0 Å². The van der Waals surface area contributed by atoms with Gasteiger partial charge in [0.15, 0.2) is 0 Å². The van der Waals surface area contributed by atoms with Gasteiger partial charge in [-0.05, 0) is 19.3 Å². The van der Waals surface area contributed by atoms with Gasteiger partial charge in [0.25, 0.3) is 0 Å². The summed E-state index contributed by atoms with van der Waals surface area (Å²) in [4.78, 5) is 25.7. The fourth-order valence-corrected chi connectivity index (χ4v) is 4.01. The smallest absolute Gasteiger partial charge is 0.410 e. The van der Waals surface area contributed by atoms with E-state index in [0.29, 0.717) is 19.6 Å². The van der Waals surface area contributed by atoms with Gasteiger partial charge in [-0.1, -0.05) is 103 Å². The average molecular weight is 424 g/mol. The number of unbranched alkanes of at least 4 members (excludes halogenated alkanes) is 13. The lowest BCUT2D eigenvalue weighted by molar-refractivity contribution is -0.148. The molecule has 0 bridgehead atoms. The van der Waals surface area contributed by atoms with E-state index in [4.69, 9.17) is 9.47 Å². The van der Waals surface area contributed by atoms with E-state index in [-0.39, 0.29) is 12.6 Å². The number of esters is 1. The van der Waals surface area contributed by atoms with Crippen molar-refractivity contribution in [1.29, 1.82) is 0 Å². The van der Waals surface area contributed by atoms with Gasteiger partial charge < -0.3 is 9.47 Å². The van der Waals surface area contributed by atoms with Crippen molar-refractivity contribution >= 4 is 12.1 Å². The topological polar surface area (TPSA) is 55.8 Å². The monoisotopic (exact) mass is 423 g/mol. The highest BCUT2D eigenvalue weighted by molar-refractivity contribution is 5.82. The fraction of sp³-hybridized carbons (Fsp3) is 0.840. The SMILES string of the molecule is C=CCOC(=O)N1CCCC1C(=O)OCCCCCCCCCCCCCCCC. The predicted molar refractivity (Wildman–Crippen MR) is 123 cm³/mol. The molecule has 0 N–H and O–H groups in total. The first-order valence-corrected chi connectivity index (χ1v) is 12.4. The molecule has 30 heavy (non-hydrogen) atoms. The average Bonchev–Trinajstić information content (AvgIpc) is 3.25. The molecule has 1 fully saturated rings. The van der Waals surface area contributed by atoms with E-state index >= 15 is 0 Å². The molecule has 0 saturated carbocycles. The summed E-state index contributed by atoms with van der Waals surface area (Å²) in [5, 5.41) is 0. The van der Waals surface area contributed by atoms with Crippen LogP contribution >= 0.6 is 0 Å². The number of amides is 1. The molecule has 5 heteroatoms. The minimum atomic E-state index is -0.492. The van der Waals surface area contributed by atoms with Crippen LogP contribution in [0.5, 0.6) is 0 Å². The number of hydrogen-bond donors (Lipinski definition) is 0. The van der Waals surface area contributed by atoms with E-state index in [1.165, 1.54) is 88.0 Å². The number of carbonyl (C=O) groups excluding carboxylic acids is 2. The number of hydrogen-bond acceptors (Lipinski definition) is 4. The van der Waals surface area contributed by atoms with Crippen LogP contribution in [-0.4, -0.2) is 42.8 Å². The molecule has 5 nitrogen and oxygen atoms in total. The number of carbonyl (C=O) groups is 2. The first-order valence-electron chi connectivity index (χ1n) is 12.4. The maximum absolute atomic E-state index is 12.3. The van der Waals surface area contributed by atoms with Gasteiger partial charge in [0.2, 0.25) is 0 Å². The molecule has 1 saturated heterocycles. The third-order valence-electron chi connectivity index (χ3n) is 5.83. The molecule has 0 aliphatic carbocycles. The molecule has 0 radical (unpaired) electrons. The molecule has 1 rings (SSSR count). The summed E-state index contributed by atoms with van der Waals surface area (Å²) in [5.41, 5.74) is 0. The Kier molecular flexibility index (Phi) is 16.1. The number of rotatable bonds is 18. The van der Waals surface area contributed by atoms with Crippen LogP contribution in [0.2, 0.25) is 0 Å². The van der Waals surface area contributed by atoms with Gasteiger partial charge in [0.05, 0.1) is 6.61 Å². The van der Waals surface area contributed by atoms with Crippen molar-refractivity contribution in [2.24, 2.45) is 0 Å². The molecule has 0 aromatic heterocycles. The second-order valence-electron chi connectivity index (χ2n) is 8.48. The normalized spacial score (nSPS) is 15.9. The zero-order valence-electron chi connectivity index (χ0n) is 19.4. The van der Waals surface area contributed by atoms with E-state index in [1.54, 1.807) is 0 Å². The van der Waals surface area contributed by atoms with Gasteiger partial charge >= 0.3 is 12.1 Å². The van der Waals surface area contributed by atoms with E-state index in [9.17, 15) is 9.59 Å². The van der Waals surface area contributed by atoms with Crippen molar-refractivity contribution < 1.29 is 19.1 Å². The summed E-state index contributed by atoms with van der Waals surface area (Å²) in [6.45, 7) is 6.96. The molecule has 1 atom stereocenters. The van der Waals surface area contributed by atoms with Gasteiger partial charge in [-0.2, -0.15) is 0 Å². The highest BCUT2D eigenvalue weighted by atomic mass is 16.6. The first kappa shape index (κ1) is 26.5. The van der Waals surface area contributed by atoms with Gasteiger partial charge in [0.1, 0.15) is 12.6 Å². The maximum Gasteiger partial charge on any atom is 0.410 e. The van der Waals surface area contributed by atoms with Gasteiger partial charge in [-0.3, -0.25) is 4.90 Å². The van der Waals surface area contributed by atoms with Crippen LogP contribution in [-0.2, 0) is 14.3 Å². The largest absolute Gasteiger partial charge is 0.464 e. The third kappa shape index (κ3) is 12.2. The number of nitrogens with zero attached hydrogens (tertiary/aromatic N) is 1. The number of ether oxygens (including phenoxy) is 2. The van der Waals surface area contributed by atoms with Crippen molar-refractivity contribution in [3.05, 3.63) is 12.7 Å². The summed E-state index contributed by atoms with van der Waals surface area (Å²) in [5.74, 6) is -0.294. The quantitative estimate of drug-likeness (QED) is 0.138. The highest BCUT2D eigenvalue weighted by Crippen LogP contribution is 2.20. The molecule has 0 aromatic carbocycles. The van der Waals surface area contributed by atoms with Crippen LogP contribution in [0.4, 0.5) is 4.79 Å². The highest BCUT2D eigenvalue weighted by Gasteiger charge is 2.36. The second-order valence-corrected chi connectivity index (χ2v) is 8.48. The van der Waals surface area contributed by atoms with Crippen LogP contribution in [0.15, 0.2) is 12.7 Å². The van der Waals surface area contributed by atoms with E-state index in [2.05, 4.69) is 13.5 Å². The lowest BCUT2D eigenvalue weighted by Gasteiger charge is -2.22. The summed E-state index contributed by atoms with van der Waals surface area (Å²) >= 11 is 0. The van der Waals surface area contributed by atoms with Crippen molar-refractivity contribution in [3.63, 3.8) is 0 Å². The summed E-state index contributed by atoms with van der Waals surface area (Å²) in [6, 6.07) is -0.492. The Hall–Kier alpha value is -1.52. The van der Waals surface area contributed by atoms with Crippen molar-refractivity contribution in [2.75, 3.05) is 19.8 Å². The van der Waals surface area contributed by atoms with Crippen molar-refractivity contribution in [3.8, 4) is 0 Å². The summed E-state index contributed by atoms with van der Waals surface area (Å²) < 4.78 is 10.5. The Morgan fingerprint density at radius 3 is 1.93 bits per heavy atom. The molecule has 1 amide bonds.